The zero-order valence-corrected chi connectivity index (χ0v) is 14.0. The van der Waals surface area contributed by atoms with E-state index in [9.17, 15) is 15.3 Å². The van der Waals surface area contributed by atoms with E-state index in [0.29, 0.717) is 29.1 Å². The smallest absolute Gasteiger partial charge is 0.167 e. The van der Waals surface area contributed by atoms with Crippen LogP contribution in [0.2, 0.25) is 0 Å². The summed E-state index contributed by atoms with van der Waals surface area (Å²) < 4.78 is 7.36. The summed E-state index contributed by atoms with van der Waals surface area (Å²) >= 11 is 1.48. The Morgan fingerprint density at radius 2 is 2.12 bits per heavy atom. The van der Waals surface area contributed by atoms with Gasteiger partial charge in [-0.15, -0.1) is 0 Å². The number of nitrogens with two attached hydrogens (primary N) is 1. The zero-order chi connectivity index (χ0) is 17.3. The summed E-state index contributed by atoms with van der Waals surface area (Å²) in [5.74, 6) is 1.27. The first kappa shape index (κ1) is 17.4. The van der Waals surface area contributed by atoms with Crippen molar-refractivity contribution < 1.29 is 20.1 Å². The van der Waals surface area contributed by atoms with Crippen LogP contribution in [0.4, 0.5) is 5.82 Å². The molecule has 0 saturated carbocycles. The average Bonchev–Trinajstić information content (AvgIpc) is 3.12. The van der Waals surface area contributed by atoms with Crippen LogP contribution >= 0.6 is 11.8 Å². The first-order chi connectivity index (χ1) is 11.5. The molecule has 9 nitrogen and oxygen atoms in total. The number of rotatable bonds is 6. The summed E-state index contributed by atoms with van der Waals surface area (Å²) in [6.45, 7) is 1.91. The minimum Gasteiger partial charge on any atom is -0.392 e. The lowest BCUT2D eigenvalue weighted by atomic mass is 10.1. The molecule has 0 bridgehead atoms. The van der Waals surface area contributed by atoms with E-state index in [-0.39, 0.29) is 11.9 Å². The number of nitrogens with zero attached hydrogens (tertiary/aromatic N) is 4. The van der Waals surface area contributed by atoms with E-state index in [0.717, 1.165) is 0 Å². The first-order valence-corrected chi connectivity index (χ1v) is 8.88. The van der Waals surface area contributed by atoms with Crippen LogP contribution in [0.5, 0.6) is 0 Å². The standard InChI is InChI=1S/C14H21N5O4S/c1-2-7(20)3-24-4-8-10(21)11(22)14(23-8)19-6-18-9-12(15)16-5-17-13(9)19/h5-8,10-11,14,20-22H,2-4H2,1H3,(H2,15,16,17). The lowest BCUT2D eigenvalue weighted by Gasteiger charge is -2.16. The van der Waals surface area contributed by atoms with Gasteiger partial charge in [0, 0.05) is 11.5 Å². The maximum atomic E-state index is 10.3. The number of imidazole rings is 1. The van der Waals surface area contributed by atoms with Crippen LogP contribution in [-0.2, 0) is 4.74 Å². The first-order valence-electron chi connectivity index (χ1n) is 7.73. The van der Waals surface area contributed by atoms with Crippen molar-refractivity contribution in [1.29, 1.82) is 0 Å². The molecule has 3 heterocycles. The third kappa shape index (κ3) is 3.20. The molecule has 0 spiro atoms. The van der Waals surface area contributed by atoms with Crippen molar-refractivity contribution in [1.82, 2.24) is 19.5 Å². The van der Waals surface area contributed by atoms with Gasteiger partial charge in [-0.3, -0.25) is 4.57 Å². The Balaban J connectivity index is 1.73. The molecule has 5 unspecified atom stereocenters. The molecule has 0 amide bonds. The van der Waals surface area contributed by atoms with Gasteiger partial charge in [0.2, 0.25) is 0 Å². The average molecular weight is 355 g/mol. The second-order valence-electron chi connectivity index (χ2n) is 5.73. The Labute approximate surface area is 142 Å². The van der Waals surface area contributed by atoms with Gasteiger partial charge in [0.15, 0.2) is 17.7 Å². The molecule has 5 atom stereocenters. The van der Waals surface area contributed by atoms with Gasteiger partial charge in [-0.1, -0.05) is 6.92 Å². The van der Waals surface area contributed by atoms with Gasteiger partial charge >= 0.3 is 0 Å². The minimum atomic E-state index is -1.11. The lowest BCUT2D eigenvalue weighted by molar-refractivity contribution is -0.0289. The molecule has 5 N–H and O–H groups in total. The molecule has 3 rings (SSSR count). The monoisotopic (exact) mass is 355 g/mol. The number of hydrogen-bond acceptors (Lipinski definition) is 9. The molecule has 1 aliphatic rings. The lowest BCUT2D eigenvalue weighted by Crippen LogP contribution is -2.32. The van der Waals surface area contributed by atoms with Crippen LogP contribution in [0.3, 0.4) is 0 Å². The number of aliphatic hydroxyl groups excluding tert-OH is 3. The quantitative estimate of drug-likeness (QED) is 0.541. The number of aliphatic hydroxyl groups is 3. The van der Waals surface area contributed by atoms with E-state index in [4.69, 9.17) is 10.5 Å². The summed E-state index contributed by atoms with van der Waals surface area (Å²) in [5, 5.41) is 30.1. The molecule has 2 aromatic rings. The third-order valence-corrected chi connectivity index (χ3v) is 5.25. The van der Waals surface area contributed by atoms with E-state index in [1.807, 2.05) is 6.92 Å². The van der Waals surface area contributed by atoms with Crippen LogP contribution in [0.25, 0.3) is 11.2 Å². The van der Waals surface area contributed by atoms with E-state index in [2.05, 4.69) is 15.0 Å². The van der Waals surface area contributed by atoms with Crippen molar-refractivity contribution in [2.75, 3.05) is 17.2 Å². The summed E-state index contributed by atoms with van der Waals surface area (Å²) in [6, 6.07) is 0. The van der Waals surface area contributed by atoms with Crippen LogP contribution in [0.15, 0.2) is 12.7 Å². The molecule has 0 aliphatic carbocycles. The number of thioether (sulfide) groups is 1. The Bertz CT molecular complexity index is 699. The summed E-state index contributed by atoms with van der Waals surface area (Å²) in [5.41, 5.74) is 6.62. The molecule has 1 aliphatic heterocycles. The van der Waals surface area contributed by atoms with Gasteiger partial charge in [0.05, 0.1) is 18.5 Å². The molecule has 132 valence electrons. The van der Waals surface area contributed by atoms with E-state index in [1.54, 1.807) is 4.57 Å². The summed E-state index contributed by atoms with van der Waals surface area (Å²) in [6.07, 6.45) is -0.421. The highest BCUT2D eigenvalue weighted by molar-refractivity contribution is 7.99. The number of anilines is 1. The van der Waals surface area contributed by atoms with Crippen LogP contribution in [-0.4, -0.2) is 70.8 Å². The molecule has 0 radical (unpaired) electrons. The van der Waals surface area contributed by atoms with Crippen LogP contribution in [0, 0.1) is 0 Å². The van der Waals surface area contributed by atoms with Gasteiger partial charge in [0.1, 0.15) is 24.1 Å². The van der Waals surface area contributed by atoms with Crippen molar-refractivity contribution in [3.8, 4) is 0 Å². The molecule has 2 aromatic heterocycles. The molecule has 24 heavy (non-hydrogen) atoms. The van der Waals surface area contributed by atoms with Gasteiger partial charge in [0.25, 0.3) is 0 Å². The largest absolute Gasteiger partial charge is 0.392 e. The summed E-state index contributed by atoms with van der Waals surface area (Å²) in [7, 11) is 0. The molecular formula is C14H21N5O4S. The normalized spacial score (nSPS) is 28.5. The Morgan fingerprint density at radius 1 is 1.33 bits per heavy atom. The van der Waals surface area contributed by atoms with Crippen molar-refractivity contribution >= 4 is 28.7 Å². The molecule has 0 aromatic carbocycles. The van der Waals surface area contributed by atoms with Crippen molar-refractivity contribution in [2.24, 2.45) is 0 Å². The maximum Gasteiger partial charge on any atom is 0.167 e. The van der Waals surface area contributed by atoms with Gasteiger partial charge in [-0.05, 0) is 6.42 Å². The van der Waals surface area contributed by atoms with E-state index in [1.165, 1.54) is 24.4 Å². The fraction of sp³-hybridized carbons (Fsp3) is 0.643. The minimum absolute atomic E-state index is 0.243. The number of aromatic nitrogens is 4. The Morgan fingerprint density at radius 3 is 2.88 bits per heavy atom. The van der Waals surface area contributed by atoms with Gasteiger partial charge < -0.3 is 25.8 Å². The van der Waals surface area contributed by atoms with Crippen molar-refractivity contribution in [3.05, 3.63) is 12.7 Å². The molecule has 1 saturated heterocycles. The number of ether oxygens (including phenoxy) is 1. The zero-order valence-electron chi connectivity index (χ0n) is 13.2. The predicted molar refractivity (Wildman–Crippen MR) is 89.3 cm³/mol. The molecule has 10 heteroatoms. The fourth-order valence-corrected chi connectivity index (χ4v) is 3.74. The fourth-order valence-electron chi connectivity index (χ4n) is 2.59. The van der Waals surface area contributed by atoms with Crippen LogP contribution in [0.1, 0.15) is 19.6 Å². The molecule has 1 fully saturated rings. The Hall–Kier alpha value is -1.46. The topological polar surface area (TPSA) is 140 Å². The van der Waals surface area contributed by atoms with Gasteiger partial charge in [-0.25, -0.2) is 15.0 Å². The number of nitrogen functional groups attached to an aromatic ring is 1. The highest BCUT2D eigenvalue weighted by atomic mass is 32.2. The van der Waals surface area contributed by atoms with Crippen molar-refractivity contribution in [3.63, 3.8) is 0 Å². The maximum absolute atomic E-state index is 10.3. The van der Waals surface area contributed by atoms with Crippen molar-refractivity contribution in [2.45, 2.75) is 44.0 Å². The number of fused-ring (bicyclic) bond motifs is 1. The highest BCUT2D eigenvalue weighted by Gasteiger charge is 2.44. The van der Waals surface area contributed by atoms with Crippen LogP contribution < -0.4 is 5.73 Å². The predicted octanol–water partition coefficient (Wildman–Crippen LogP) is -0.468. The number of hydrogen-bond donors (Lipinski definition) is 4. The second kappa shape index (κ2) is 7.19. The summed E-state index contributed by atoms with van der Waals surface area (Å²) in [4.78, 5) is 12.1. The SMILES string of the molecule is CCC(O)CSCC1OC(n2cnc3c(N)ncnc32)C(O)C1O. The van der Waals surface area contributed by atoms with E-state index >= 15 is 0 Å². The second-order valence-corrected chi connectivity index (χ2v) is 6.80. The Kier molecular flexibility index (Phi) is 5.21. The van der Waals surface area contributed by atoms with Gasteiger partial charge in [-0.2, -0.15) is 11.8 Å². The highest BCUT2D eigenvalue weighted by Crippen LogP contribution is 2.33. The molecular weight excluding hydrogens is 334 g/mol. The van der Waals surface area contributed by atoms with E-state index < -0.39 is 24.5 Å². The third-order valence-electron chi connectivity index (χ3n) is 4.06.